The number of amides is 1. The molecular formula is C14H11BrF3N3O3. The zero-order valence-corrected chi connectivity index (χ0v) is 13.9. The molecule has 2 aromatic rings. The number of carbonyl (C=O) groups excluding carboxylic acids is 1. The van der Waals surface area contributed by atoms with Crippen molar-refractivity contribution in [2.45, 2.75) is 19.6 Å². The molecule has 1 amide bonds. The zero-order valence-electron chi connectivity index (χ0n) is 12.3. The second-order valence-corrected chi connectivity index (χ2v) is 5.81. The minimum atomic E-state index is -4.59. The van der Waals surface area contributed by atoms with Crippen molar-refractivity contribution in [2.24, 2.45) is 0 Å². The van der Waals surface area contributed by atoms with E-state index in [1.54, 1.807) is 18.2 Å². The smallest absolute Gasteiger partial charge is 0.436 e. The number of alkyl halides is 3. The second-order valence-electron chi connectivity index (χ2n) is 5.02. The molecule has 0 saturated heterocycles. The van der Waals surface area contributed by atoms with Gasteiger partial charge in [0, 0.05) is 11.8 Å². The van der Waals surface area contributed by atoms with E-state index in [4.69, 9.17) is 9.47 Å². The molecular weight excluding hydrogens is 395 g/mol. The summed E-state index contributed by atoms with van der Waals surface area (Å²) in [6.07, 6.45) is -4.59. The van der Waals surface area contributed by atoms with Crippen molar-refractivity contribution >= 4 is 27.5 Å². The lowest BCUT2D eigenvalue weighted by molar-refractivity contribution is -0.142. The molecule has 0 aliphatic carbocycles. The molecule has 0 spiro atoms. The van der Waals surface area contributed by atoms with E-state index in [1.165, 1.54) is 6.92 Å². The molecule has 128 valence electrons. The minimum absolute atomic E-state index is 0.105. The maximum absolute atomic E-state index is 12.8. The van der Waals surface area contributed by atoms with E-state index in [2.05, 4.69) is 26.3 Å². The van der Waals surface area contributed by atoms with Crippen LogP contribution in [0.15, 0.2) is 22.7 Å². The lowest BCUT2D eigenvalue weighted by Gasteiger charge is -2.07. The zero-order chi connectivity index (χ0) is 17.5. The number of nitrogens with one attached hydrogen (secondary N) is 1. The monoisotopic (exact) mass is 405 g/mol. The van der Waals surface area contributed by atoms with Crippen LogP contribution in [0.2, 0.25) is 0 Å². The number of nitrogens with zero attached hydrogens (tertiary/aromatic N) is 2. The number of ether oxygens (including phenoxy) is 2. The summed E-state index contributed by atoms with van der Waals surface area (Å²) in [5.41, 5.74) is -0.400. The van der Waals surface area contributed by atoms with Gasteiger partial charge in [-0.15, -0.1) is 0 Å². The van der Waals surface area contributed by atoms with E-state index in [0.29, 0.717) is 17.2 Å². The third kappa shape index (κ3) is 3.18. The Hall–Kier alpha value is -2.23. The average molecular weight is 406 g/mol. The highest BCUT2D eigenvalue weighted by atomic mass is 79.9. The van der Waals surface area contributed by atoms with Crippen molar-refractivity contribution in [3.8, 4) is 11.5 Å². The fraction of sp³-hybridized carbons (Fsp3) is 0.286. The Morgan fingerprint density at radius 3 is 2.75 bits per heavy atom. The largest absolute Gasteiger partial charge is 0.454 e. The molecule has 2 heterocycles. The molecule has 1 aliphatic heterocycles. The second kappa shape index (κ2) is 6.00. The van der Waals surface area contributed by atoms with Gasteiger partial charge in [-0.2, -0.15) is 18.3 Å². The fourth-order valence-corrected chi connectivity index (χ4v) is 2.68. The van der Waals surface area contributed by atoms with Crippen LogP contribution in [0, 0.1) is 6.92 Å². The predicted octanol–water partition coefficient (Wildman–Crippen LogP) is 3.34. The van der Waals surface area contributed by atoms with Crippen LogP contribution in [0.4, 0.5) is 18.9 Å². The van der Waals surface area contributed by atoms with Crippen molar-refractivity contribution in [2.75, 3.05) is 12.1 Å². The molecule has 0 bridgehead atoms. The normalized spacial score (nSPS) is 13.2. The number of halogens is 4. The van der Waals surface area contributed by atoms with Crippen molar-refractivity contribution in [3.05, 3.63) is 34.1 Å². The Morgan fingerprint density at radius 2 is 2.08 bits per heavy atom. The van der Waals surface area contributed by atoms with Crippen LogP contribution in [0.5, 0.6) is 11.5 Å². The number of fused-ring (bicyclic) bond motifs is 1. The van der Waals surface area contributed by atoms with Gasteiger partial charge in [-0.1, -0.05) is 0 Å². The topological polar surface area (TPSA) is 65.4 Å². The van der Waals surface area contributed by atoms with Crippen molar-refractivity contribution < 1.29 is 27.4 Å². The van der Waals surface area contributed by atoms with Gasteiger partial charge in [-0.3, -0.25) is 9.48 Å². The van der Waals surface area contributed by atoms with E-state index in [9.17, 15) is 18.0 Å². The van der Waals surface area contributed by atoms with Crippen LogP contribution in [0.3, 0.4) is 0 Å². The average Bonchev–Trinajstić information content (AvgIpc) is 3.06. The van der Waals surface area contributed by atoms with E-state index in [1.807, 2.05) is 0 Å². The first kappa shape index (κ1) is 16.6. The van der Waals surface area contributed by atoms with Crippen LogP contribution in [-0.2, 0) is 17.5 Å². The standard InChI is InChI=1S/C14H11BrF3N3O3/c1-7-12(15)13(14(16,17)18)20-21(7)5-11(22)19-8-2-3-9-10(4-8)24-6-23-9/h2-4H,5-6H2,1H3,(H,19,22). The minimum Gasteiger partial charge on any atom is -0.454 e. The number of benzene rings is 1. The third-order valence-electron chi connectivity index (χ3n) is 3.35. The Kier molecular flexibility index (Phi) is 4.16. The molecule has 0 fully saturated rings. The van der Waals surface area contributed by atoms with Gasteiger partial charge in [0.2, 0.25) is 12.7 Å². The molecule has 6 nitrogen and oxygen atoms in total. The molecule has 0 unspecified atom stereocenters. The number of aromatic nitrogens is 2. The van der Waals surface area contributed by atoms with Gasteiger partial charge in [-0.25, -0.2) is 0 Å². The Labute approximate surface area is 142 Å². The van der Waals surface area contributed by atoms with Crippen LogP contribution in [-0.4, -0.2) is 22.5 Å². The van der Waals surface area contributed by atoms with Crippen LogP contribution >= 0.6 is 15.9 Å². The van der Waals surface area contributed by atoms with Gasteiger partial charge in [0.1, 0.15) is 6.54 Å². The van der Waals surface area contributed by atoms with Crippen LogP contribution in [0.1, 0.15) is 11.4 Å². The molecule has 0 atom stereocenters. The van der Waals surface area contributed by atoms with Gasteiger partial charge in [-0.05, 0) is 35.0 Å². The first-order chi connectivity index (χ1) is 11.3. The number of carbonyl (C=O) groups is 1. The number of hydrogen-bond acceptors (Lipinski definition) is 4. The first-order valence-corrected chi connectivity index (χ1v) is 7.54. The summed E-state index contributed by atoms with van der Waals surface area (Å²) in [6.45, 7) is 1.20. The van der Waals surface area contributed by atoms with Gasteiger partial charge in [0.05, 0.1) is 10.2 Å². The van der Waals surface area contributed by atoms with E-state index in [0.717, 1.165) is 4.68 Å². The van der Waals surface area contributed by atoms with E-state index >= 15 is 0 Å². The van der Waals surface area contributed by atoms with Crippen molar-refractivity contribution in [1.82, 2.24) is 9.78 Å². The van der Waals surface area contributed by atoms with E-state index in [-0.39, 0.29) is 23.5 Å². The molecule has 10 heteroatoms. The number of rotatable bonds is 3. The fourth-order valence-electron chi connectivity index (χ4n) is 2.17. The maximum Gasteiger partial charge on any atom is 0.436 e. The molecule has 1 aromatic heterocycles. The predicted molar refractivity (Wildman–Crippen MR) is 80.9 cm³/mol. The summed E-state index contributed by atoms with van der Waals surface area (Å²) in [5, 5.41) is 6.04. The number of hydrogen-bond donors (Lipinski definition) is 1. The summed E-state index contributed by atoms with van der Waals surface area (Å²) in [7, 11) is 0. The molecule has 0 radical (unpaired) electrons. The molecule has 3 rings (SSSR count). The lowest BCUT2D eigenvalue weighted by Crippen LogP contribution is -2.20. The first-order valence-electron chi connectivity index (χ1n) is 6.75. The van der Waals surface area contributed by atoms with E-state index < -0.39 is 17.8 Å². The van der Waals surface area contributed by atoms with Crippen molar-refractivity contribution in [3.63, 3.8) is 0 Å². The Balaban J connectivity index is 1.74. The number of anilines is 1. The molecule has 1 N–H and O–H groups in total. The van der Waals surface area contributed by atoms with Crippen LogP contribution in [0.25, 0.3) is 0 Å². The Bertz CT molecular complexity index is 805. The lowest BCUT2D eigenvalue weighted by atomic mass is 10.3. The van der Waals surface area contributed by atoms with Crippen molar-refractivity contribution in [1.29, 1.82) is 0 Å². The molecule has 24 heavy (non-hydrogen) atoms. The summed E-state index contributed by atoms with van der Waals surface area (Å²) < 4.78 is 49.6. The van der Waals surface area contributed by atoms with Gasteiger partial charge in [0.15, 0.2) is 17.2 Å². The molecule has 0 saturated carbocycles. The quantitative estimate of drug-likeness (QED) is 0.850. The Morgan fingerprint density at radius 1 is 1.38 bits per heavy atom. The highest BCUT2D eigenvalue weighted by Gasteiger charge is 2.38. The summed E-state index contributed by atoms with van der Waals surface area (Å²) >= 11 is 2.86. The molecule has 1 aliphatic rings. The third-order valence-corrected chi connectivity index (χ3v) is 4.30. The summed E-state index contributed by atoms with van der Waals surface area (Å²) in [5.74, 6) is 0.542. The summed E-state index contributed by atoms with van der Waals surface area (Å²) in [6, 6.07) is 4.82. The highest BCUT2D eigenvalue weighted by Crippen LogP contribution is 2.36. The van der Waals surface area contributed by atoms with Gasteiger partial charge >= 0.3 is 6.18 Å². The molecule has 1 aromatic carbocycles. The SMILES string of the molecule is Cc1c(Br)c(C(F)(F)F)nn1CC(=O)Nc1ccc2c(c1)OCO2. The van der Waals surface area contributed by atoms with Gasteiger partial charge in [0.25, 0.3) is 0 Å². The maximum atomic E-state index is 12.8. The van der Waals surface area contributed by atoms with Crippen LogP contribution < -0.4 is 14.8 Å². The highest BCUT2D eigenvalue weighted by molar-refractivity contribution is 9.10. The summed E-state index contributed by atoms with van der Waals surface area (Å²) in [4.78, 5) is 12.1. The van der Waals surface area contributed by atoms with Gasteiger partial charge < -0.3 is 14.8 Å².